The van der Waals surface area contributed by atoms with Crippen molar-refractivity contribution in [3.63, 3.8) is 0 Å². The molecule has 0 radical (unpaired) electrons. The molecule has 1 unspecified atom stereocenters. The van der Waals surface area contributed by atoms with Crippen LogP contribution in [-0.2, 0) is 6.54 Å². The van der Waals surface area contributed by atoms with Crippen LogP contribution in [0.1, 0.15) is 32.8 Å². The standard InChI is InChI=1S/C18H32N2O2/c1-7-22-18-11-15(8-9-17(18)21-6)12-19-13-16(20(4)5)10-14(2)3/h8-9,11,14,16,19H,7,10,12-13H2,1-6H3. The number of ether oxygens (including phenoxy) is 2. The number of likely N-dealkylation sites (N-methyl/N-ethyl adjacent to an activating group) is 1. The molecule has 0 aliphatic heterocycles. The summed E-state index contributed by atoms with van der Waals surface area (Å²) in [6, 6.07) is 6.67. The molecule has 1 N–H and O–H groups in total. The number of methoxy groups -OCH3 is 1. The molecule has 1 aromatic carbocycles. The number of benzene rings is 1. The van der Waals surface area contributed by atoms with Gasteiger partial charge in [-0.1, -0.05) is 19.9 Å². The van der Waals surface area contributed by atoms with Gasteiger partial charge in [-0.25, -0.2) is 0 Å². The van der Waals surface area contributed by atoms with Gasteiger partial charge < -0.3 is 19.7 Å². The van der Waals surface area contributed by atoms with Gasteiger partial charge in [0, 0.05) is 19.1 Å². The second-order valence-electron chi connectivity index (χ2n) is 6.30. The fourth-order valence-electron chi connectivity index (χ4n) is 2.50. The average Bonchev–Trinajstić information content (AvgIpc) is 2.46. The van der Waals surface area contributed by atoms with Crippen molar-refractivity contribution in [3.05, 3.63) is 23.8 Å². The smallest absolute Gasteiger partial charge is 0.161 e. The summed E-state index contributed by atoms with van der Waals surface area (Å²) in [5.74, 6) is 2.31. The van der Waals surface area contributed by atoms with E-state index in [1.165, 1.54) is 12.0 Å². The van der Waals surface area contributed by atoms with Crippen LogP contribution in [0.15, 0.2) is 18.2 Å². The van der Waals surface area contributed by atoms with Gasteiger partial charge in [0.1, 0.15) is 0 Å². The Labute approximate surface area is 135 Å². The highest BCUT2D eigenvalue weighted by molar-refractivity contribution is 5.42. The van der Waals surface area contributed by atoms with Crippen molar-refractivity contribution in [2.24, 2.45) is 5.92 Å². The minimum Gasteiger partial charge on any atom is -0.493 e. The number of nitrogens with one attached hydrogen (secondary N) is 1. The van der Waals surface area contributed by atoms with E-state index in [2.05, 4.69) is 50.3 Å². The molecule has 1 aromatic rings. The molecule has 0 amide bonds. The zero-order valence-corrected chi connectivity index (χ0v) is 15.0. The Morgan fingerprint density at radius 3 is 2.45 bits per heavy atom. The molecule has 1 atom stereocenters. The summed E-state index contributed by atoms with van der Waals surface area (Å²) in [6.07, 6.45) is 1.20. The van der Waals surface area contributed by atoms with E-state index in [-0.39, 0.29) is 0 Å². The summed E-state index contributed by atoms with van der Waals surface area (Å²) in [5, 5.41) is 3.56. The van der Waals surface area contributed by atoms with Crippen molar-refractivity contribution in [2.45, 2.75) is 39.8 Å². The lowest BCUT2D eigenvalue weighted by molar-refractivity contribution is 0.246. The maximum absolute atomic E-state index is 5.63. The van der Waals surface area contributed by atoms with Gasteiger partial charge in [0.25, 0.3) is 0 Å². The second kappa shape index (κ2) is 9.70. The minimum absolute atomic E-state index is 0.560. The Morgan fingerprint density at radius 1 is 1.18 bits per heavy atom. The summed E-state index contributed by atoms with van der Waals surface area (Å²) < 4.78 is 10.9. The van der Waals surface area contributed by atoms with Crippen LogP contribution in [0, 0.1) is 5.92 Å². The van der Waals surface area contributed by atoms with Gasteiger partial charge in [-0.2, -0.15) is 0 Å². The third kappa shape index (κ3) is 6.24. The van der Waals surface area contributed by atoms with Crippen molar-refractivity contribution in [2.75, 3.05) is 34.4 Å². The molecule has 0 bridgehead atoms. The predicted molar refractivity (Wildman–Crippen MR) is 92.8 cm³/mol. The SMILES string of the molecule is CCOc1cc(CNCC(CC(C)C)N(C)C)ccc1OC. The number of hydrogen-bond donors (Lipinski definition) is 1. The quantitative estimate of drug-likeness (QED) is 0.720. The van der Waals surface area contributed by atoms with Crippen LogP contribution >= 0.6 is 0 Å². The molecular formula is C18H32N2O2. The van der Waals surface area contributed by atoms with Crippen LogP contribution in [0.2, 0.25) is 0 Å². The lowest BCUT2D eigenvalue weighted by Crippen LogP contribution is -2.38. The number of hydrogen-bond acceptors (Lipinski definition) is 4. The van der Waals surface area contributed by atoms with Crippen LogP contribution in [0.3, 0.4) is 0 Å². The largest absolute Gasteiger partial charge is 0.493 e. The van der Waals surface area contributed by atoms with Gasteiger partial charge in [-0.15, -0.1) is 0 Å². The van der Waals surface area contributed by atoms with E-state index < -0.39 is 0 Å². The van der Waals surface area contributed by atoms with Gasteiger partial charge >= 0.3 is 0 Å². The molecule has 4 heteroatoms. The topological polar surface area (TPSA) is 33.7 Å². The summed E-state index contributed by atoms with van der Waals surface area (Å²) in [4.78, 5) is 2.30. The van der Waals surface area contributed by atoms with Gasteiger partial charge in [0.05, 0.1) is 13.7 Å². The van der Waals surface area contributed by atoms with Crippen molar-refractivity contribution in [1.82, 2.24) is 10.2 Å². The zero-order chi connectivity index (χ0) is 16.5. The Kier molecular flexibility index (Phi) is 8.28. The lowest BCUT2D eigenvalue weighted by atomic mass is 10.0. The summed E-state index contributed by atoms with van der Waals surface area (Å²) in [6.45, 7) is 9.00. The van der Waals surface area contributed by atoms with Crippen LogP contribution in [0.5, 0.6) is 11.5 Å². The molecule has 126 valence electrons. The van der Waals surface area contributed by atoms with Gasteiger partial charge in [0.15, 0.2) is 11.5 Å². The van der Waals surface area contributed by atoms with E-state index in [1.54, 1.807) is 7.11 Å². The molecule has 1 rings (SSSR count). The first-order valence-corrected chi connectivity index (χ1v) is 8.14. The van der Waals surface area contributed by atoms with Crippen molar-refractivity contribution in [1.29, 1.82) is 0 Å². The highest BCUT2D eigenvalue weighted by Crippen LogP contribution is 2.27. The summed E-state index contributed by atoms with van der Waals surface area (Å²) in [5.41, 5.74) is 1.21. The maximum atomic E-state index is 5.63. The average molecular weight is 308 g/mol. The predicted octanol–water partition coefficient (Wildman–Crippen LogP) is 3.16. The van der Waals surface area contributed by atoms with Crippen LogP contribution in [0.4, 0.5) is 0 Å². The van der Waals surface area contributed by atoms with Crippen molar-refractivity contribution >= 4 is 0 Å². The Bertz CT molecular complexity index is 433. The van der Waals surface area contributed by atoms with E-state index >= 15 is 0 Å². The van der Waals surface area contributed by atoms with Crippen LogP contribution < -0.4 is 14.8 Å². The minimum atomic E-state index is 0.560. The third-order valence-electron chi connectivity index (χ3n) is 3.71. The molecule has 0 aliphatic rings. The van der Waals surface area contributed by atoms with Gasteiger partial charge in [0.2, 0.25) is 0 Å². The zero-order valence-electron chi connectivity index (χ0n) is 15.0. The Balaban J connectivity index is 2.58. The molecule has 0 saturated heterocycles. The third-order valence-corrected chi connectivity index (χ3v) is 3.71. The van der Waals surface area contributed by atoms with E-state index in [9.17, 15) is 0 Å². The first-order chi connectivity index (χ1) is 10.5. The molecule has 4 nitrogen and oxygen atoms in total. The van der Waals surface area contributed by atoms with E-state index in [0.717, 1.165) is 24.6 Å². The van der Waals surface area contributed by atoms with Crippen LogP contribution in [0.25, 0.3) is 0 Å². The molecule has 0 fully saturated rings. The highest BCUT2D eigenvalue weighted by atomic mass is 16.5. The molecule has 0 heterocycles. The summed E-state index contributed by atoms with van der Waals surface area (Å²) in [7, 11) is 5.97. The molecule has 0 aliphatic carbocycles. The fourth-order valence-corrected chi connectivity index (χ4v) is 2.50. The van der Waals surface area contributed by atoms with Crippen molar-refractivity contribution < 1.29 is 9.47 Å². The molecule has 0 saturated carbocycles. The Morgan fingerprint density at radius 2 is 1.91 bits per heavy atom. The normalized spacial score (nSPS) is 12.7. The number of nitrogens with zero attached hydrogens (tertiary/aromatic N) is 1. The molecular weight excluding hydrogens is 276 g/mol. The molecule has 22 heavy (non-hydrogen) atoms. The first-order valence-electron chi connectivity index (χ1n) is 8.14. The lowest BCUT2D eigenvalue weighted by Gasteiger charge is -2.26. The highest BCUT2D eigenvalue weighted by Gasteiger charge is 2.13. The van der Waals surface area contributed by atoms with Gasteiger partial charge in [-0.05, 0) is 51.1 Å². The maximum Gasteiger partial charge on any atom is 0.161 e. The number of rotatable bonds is 10. The molecule has 0 aromatic heterocycles. The Hall–Kier alpha value is -1.26. The van der Waals surface area contributed by atoms with Crippen LogP contribution in [-0.4, -0.2) is 45.3 Å². The van der Waals surface area contributed by atoms with E-state index in [4.69, 9.17) is 9.47 Å². The second-order valence-corrected chi connectivity index (χ2v) is 6.30. The summed E-state index contributed by atoms with van der Waals surface area (Å²) >= 11 is 0. The molecule has 0 spiro atoms. The van der Waals surface area contributed by atoms with E-state index in [0.29, 0.717) is 18.6 Å². The first kappa shape index (κ1) is 18.8. The van der Waals surface area contributed by atoms with Gasteiger partial charge in [-0.3, -0.25) is 0 Å². The van der Waals surface area contributed by atoms with E-state index in [1.807, 2.05) is 13.0 Å². The fraction of sp³-hybridized carbons (Fsp3) is 0.667. The van der Waals surface area contributed by atoms with Crippen molar-refractivity contribution in [3.8, 4) is 11.5 Å². The monoisotopic (exact) mass is 308 g/mol.